The van der Waals surface area contributed by atoms with E-state index < -0.39 is 4.92 Å². The fourth-order valence-corrected chi connectivity index (χ4v) is 1.59. The first-order chi connectivity index (χ1) is 9.08. The maximum absolute atomic E-state index is 11.9. The van der Waals surface area contributed by atoms with E-state index in [4.69, 9.17) is 5.73 Å². The molecule has 19 heavy (non-hydrogen) atoms. The first-order valence-corrected chi connectivity index (χ1v) is 5.48. The van der Waals surface area contributed by atoms with Gasteiger partial charge in [0.15, 0.2) is 0 Å². The van der Waals surface area contributed by atoms with Crippen LogP contribution < -0.4 is 11.1 Å². The smallest absolute Gasteiger partial charge is 0.292 e. The molecule has 0 spiro atoms. The van der Waals surface area contributed by atoms with E-state index in [2.05, 4.69) is 5.32 Å². The van der Waals surface area contributed by atoms with Crippen molar-refractivity contribution in [3.05, 3.63) is 64.2 Å². The van der Waals surface area contributed by atoms with E-state index in [9.17, 15) is 14.9 Å². The fraction of sp³-hybridized carbons (Fsp3) is 0. The molecule has 0 saturated heterocycles. The Morgan fingerprint density at radius 2 is 1.84 bits per heavy atom. The lowest BCUT2D eigenvalue weighted by Crippen LogP contribution is -2.12. The second-order valence-corrected chi connectivity index (χ2v) is 3.85. The molecule has 0 fully saturated rings. The predicted octanol–water partition coefficient (Wildman–Crippen LogP) is 2.43. The average Bonchev–Trinajstić information content (AvgIpc) is 2.39. The van der Waals surface area contributed by atoms with E-state index >= 15 is 0 Å². The van der Waals surface area contributed by atoms with Crippen LogP contribution >= 0.6 is 0 Å². The Labute approximate surface area is 109 Å². The zero-order valence-electron chi connectivity index (χ0n) is 9.87. The van der Waals surface area contributed by atoms with Crippen LogP contribution in [-0.2, 0) is 0 Å². The molecule has 3 N–H and O–H groups in total. The van der Waals surface area contributed by atoms with Crippen LogP contribution in [0, 0.1) is 10.1 Å². The Bertz CT molecular complexity index is 626. The zero-order valence-corrected chi connectivity index (χ0v) is 9.87. The van der Waals surface area contributed by atoms with Crippen molar-refractivity contribution in [2.24, 2.45) is 0 Å². The highest BCUT2D eigenvalue weighted by Gasteiger charge is 2.14. The summed E-state index contributed by atoms with van der Waals surface area (Å²) in [6.07, 6.45) is 0. The molecule has 0 radical (unpaired) electrons. The molecule has 96 valence electrons. The molecule has 0 aromatic heterocycles. The first-order valence-electron chi connectivity index (χ1n) is 5.48. The minimum Gasteiger partial charge on any atom is -0.393 e. The lowest BCUT2D eigenvalue weighted by Gasteiger charge is -2.05. The van der Waals surface area contributed by atoms with Gasteiger partial charge in [-0.15, -0.1) is 0 Å². The molecule has 6 nitrogen and oxygen atoms in total. The number of nitro groups is 1. The second kappa shape index (κ2) is 5.18. The molecule has 6 heteroatoms. The summed E-state index contributed by atoms with van der Waals surface area (Å²) >= 11 is 0. The molecule has 1 amide bonds. The highest BCUT2D eigenvalue weighted by Crippen LogP contribution is 2.22. The molecule has 0 aliphatic rings. The van der Waals surface area contributed by atoms with Crippen LogP contribution in [0.3, 0.4) is 0 Å². The predicted molar refractivity (Wildman–Crippen MR) is 71.9 cm³/mol. The van der Waals surface area contributed by atoms with Crippen LogP contribution in [0.1, 0.15) is 10.4 Å². The molecular formula is C13H11N3O3. The van der Waals surface area contributed by atoms with Crippen LogP contribution in [0.25, 0.3) is 0 Å². The van der Waals surface area contributed by atoms with Gasteiger partial charge in [0.1, 0.15) is 5.69 Å². The lowest BCUT2D eigenvalue weighted by atomic mass is 10.1. The number of nitrogens with zero attached hydrogens (tertiary/aromatic N) is 1. The maximum Gasteiger partial charge on any atom is 0.292 e. The number of carbonyl (C=O) groups excluding carboxylic acids is 1. The van der Waals surface area contributed by atoms with Crippen molar-refractivity contribution < 1.29 is 9.72 Å². The Balaban J connectivity index is 2.21. The third-order valence-corrected chi connectivity index (χ3v) is 2.52. The number of nitro benzene ring substituents is 1. The number of carbonyl (C=O) groups is 1. The van der Waals surface area contributed by atoms with Gasteiger partial charge in [-0.2, -0.15) is 0 Å². The summed E-state index contributed by atoms with van der Waals surface area (Å²) in [4.78, 5) is 21.9. The van der Waals surface area contributed by atoms with Crippen molar-refractivity contribution in [1.29, 1.82) is 0 Å². The number of nitrogen functional groups attached to an aromatic ring is 1. The molecule has 0 aliphatic heterocycles. The number of para-hydroxylation sites is 1. The highest BCUT2D eigenvalue weighted by molar-refractivity contribution is 6.05. The van der Waals surface area contributed by atoms with Crippen molar-refractivity contribution in [1.82, 2.24) is 0 Å². The van der Waals surface area contributed by atoms with Crippen molar-refractivity contribution >= 4 is 23.0 Å². The van der Waals surface area contributed by atoms with Gasteiger partial charge in [-0.05, 0) is 24.3 Å². The van der Waals surface area contributed by atoms with Gasteiger partial charge in [0, 0.05) is 17.3 Å². The van der Waals surface area contributed by atoms with Gasteiger partial charge in [-0.25, -0.2) is 0 Å². The minimum absolute atomic E-state index is 0.0364. The quantitative estimate of drug-likeness (QED) is 0.501. The molecule has 0 heterocycles. The number of rotatable bonds is 3. The summed E-state index contributed by atoms with van der Waals surface area (Å²) in [5.41, 5.74) is 6.20. The largest absolute Gasteiger partial charge is 0.393 e. The average molecular weight is 257 g/mol. The summed E-state index contributed by atoms with van der Waals surface area (Å²) in [6, 6.07) is 12.8. The van der Waals surface area contributed by atoms with Gasteiger partial charge in [-0.1, -0.05) is 18.2 Å². The number of hydrogen-bond acceptors (Lipinski definition) is 4. The minimum atomic E-state index is -0.589. The van der Waals surface area contributed by atoms with Crippen molar-refractivity contribution in [3.8, 4) is 0 Å². The summed E-state index contributed by atoms with van der Waals surface area (Å²) < 4.78 is 0. The van der Waals surface area contributed by atoms with Gasteiger partial charge in [0.2, 0.25) is 0 Å². The van der Waals surface area contributed by atoms with Crippen molar-refractivity contribution in [3.63, 3.8) is 0 Å². The number of benzene rings is 2. The van der Waals surface area contributed by atoms with E-state index in [0.717, 1.165) is 0 Å². The van der Waals surface area contributed by atoms with Crippen LogP contribution in [-0.4, -0.2) is 10.8 Å². The SMILES string of the molecule is Nc1cc(C(=O)Nc2ccccc2)ccc1[N+](=O)[O-]. The van der Waals surface area contributed by atoms with Crippen LogP contribution in [0.15, 0.2) is 48.5 Å². The van der Waals surface area contributed by atoms with Crippen LogP contribution in [0.5, 0.6) is 0 Å². The number of anilines is 2. The first kappa shape index (κ1) is 12.6. The number of nitrogens with two attached hydrogens (primary N) is 1. The molecule has 2 aromatic rings. The van der Waals surface area contributed by atoms with E-state index in [1.54, 1.807) is 24.3 Å². The third kappa shape index (κ3) is 2.86. The molecule has 2 rings (SSSR count). The Hall–Kier alpha value is -2.89. The van der Waals surface area contributed by atoms with Gasteiger partial charge < -0.3 is 11.1 Å². The summed E-state index contributed by atoms with van der Waals surface area (Å²) in [5.74, 6) is -0.368. The van der Waals surface area contributed by atoms with E-state index in [-0.39, 0.29) is 22.8 Å². The van der Waals surface area contributed by atoms with Crippen molar-refractivity contribution in [2.75, 3.05) is 11.1 Å². The highest BCUT2D eigenvalue weighted by atomic mass is 16.6. The van der Waals surface area contributed by atoms with Crippen molar-refractivity contribution in [2.45, 2.75) is 0 Å². The zero-order chi connectivity index (χ0) is 13.8. The molecule has 2 aromatic carbocycles. The van der Waals surface area contributed by atoms with Gasteiger partial charge in [0.05, 0.1) is 4.92 Å². The molecule has 0 saturated carbocycles. The third-order valence-electron chi connectivity index (χ3n) is 2.52. The standard InChI is InChI=1S/C13H11N3O3/c14-11-8-9(6-7-12(11)16(18)19)13(17)15-10-4-2-1-3-5-10/h1-8H,14H2,(H,15,17). The topological polar surface area (TPSA) is 98.3 Å². The normalized spacial score (nSPS) is 9.89. The van der Waals surface area contributed by atoms with E-state index in [0.29, 0.717) is 5.69 Å². The van der Waals surface area contributed by atoms with Crippen LogP contribution in [0.2, 0.25) is 0 Å². The Morgan fingerprint density at radius 1 is 1.16 bits per heavy atom. The second-order valence-electron chi connectivity index (χ2n) is 3.85. The molecule has 0 atom stereocenters. The van der Waals surface area contributed by atoms with Gasteiger partial charge in [-0.3, -0.25) is 14.9 Å². The molecule has 0 unspecified atom stereocenters. The molecule has 0 aliphatic carbocycles. The maximum atomic E-state index is 11.9. The Kier molecular flexibility index (Phi) is 3.42. The number of amides is 1. The van der Waals surface area contributed by atoms with Gasteiger partial charge in [0.25, 0.3) is 11.6 Å². The Morgan fingerprint density at radius 3 is 2.42 bits per heavy atom. The molecule has 0 bridgehead atoms. The van der Waals surface area contributed by atoms with E-state index in [1.807, 2.05) is 6.07 Å². The summed E-state index contributed by atoms with van der Waals surface area (Å²) in [6.45, 7) is 0. The van der Waals surface area contributed by atoms with Crippen LogP contribution in [0.4, 0.5) is 17.1 Å². The lowest BCUT2D eigenvalue weighted by molar-refractivity contribution is -0.383. The summed E-state index contributed by atoms with van der Waals surface area (Å²) in [7, 11) is 0. The number of hydrogen-bond donors (Lipinski definition) is 2. The van der Waals surface area contributed by atoms with Gasteiger partial charge >= 0.3 is 0 Å². The summed E-state index contributed by atoms with van der Waals surface area (Å²) in [5, 5.41) is 13.3. The number of nitrogens with one attached hydrogen (secondary N) is 1. The monoisotopic (exact) mass is 257 g/mol. The molecular weight excluding hydrogens is 246 g/mol. The fourth-order valence-electron chi connectivity index (χ4n) is 1.59. The van der Waals surface area contributed by atoms with E-state index in [1.165, 1.54) is 18.2 Å².